The fourth-order valence-corrected chi connectivity index (χ4v) is 2.13. The highest BCUT2D eigenvalue weighted by Gasteiger charge is 2.14. The predicted molar refractivity (Wildman–Crippen MR) is 92.6 cm³/mol. The summed E-state index contributed by atoms with van der Waals surface area (Å²) >= 11 is 0. The van der Waals surface area contributed by atoms with E-state index in [0.29, 0.717) is 23.7 Å². The van der Waals surface area contributed by atoms with E-state index in [4.69, 9.17) is 5.73 Å². The van der Waals surface area contributed by atoms with Crippen molar-refractivity contribution < 1.29 is 4.79 Å². The highest BCUT2D eigenvalue weighted by Crippen LogP contribution is 2.22. The van der Waals surface area contributed by atoms with Gasteiger partial charge in [0.2, 0.25) is 0 Å². The van der Waals surface area contributed by atoms with Crippen molar-refractivity contribution in [1.82, 2.24) is 4.98 Å². The van der Waals surface area contributed by atoms with E-state index in [1.165, 1.54) is 5.56 Å². The Balaban J connectivity index is 0.00000242. The number of carbonyl (C=O) groups is 1. The Hall–Kier alpha value is -1.91. The van der Waals surface area contributed by atoms with Gasteiger partial charge in [-0.05, 0) is 35.7 Å². The lowest BCUT2D eigenvalue weighted by Gasteiger charge is -2.19. The van der Waals surface area contributed by atoms with Gasteiger partial charge in [0.25, 0.3) is 5.91 Å². The number of hydrogen-bond donors (Lipinski definition) is 1. The third-order valence-corrected chi connectivity index (χ3v) is 3.50. The van der Waals surface area contributed by atoms with Crippen LogP contribution in [-0.2, 0) is 6.54 Å². The molecule has 0 bridgehead atoms. The van der Waals surface area contributed by atoms with Gasteiger partial charge in [0, 0.05) is 31.0 Å². The number of nitrogens with zero attached hydrogens (tertiary/aromatic N) is 2. The molecule has 2 rings (SSSR count). The van der Waals surface area contributed by atoms with Crippen molar-refractivity contribution in [1.29, 1.82) is 0 Å². The van der Waals surface area contributed by atoms with E-state index in [9.17, 15) is 4.79 Å². The minimum Gasteiger partial charge on any atom is -0.325 e. The van der Waals surface area contributed by atoms with Gasteiger partial charge in [0.05, 0.1) is 5.69 Å². The molecule has 1 heterocycles. The molecule has 2 N–H and O–H groups in total. The Bertz CT molecular complexity index is 643. The molecule has 1 aromatic carbocycles. The second-order valence-electron chi connectivity index (χ2n) is 5.35. The van der Waals surface area contributed by atoms with Crippen molar-refractivity contribution in [3.63, 3.8) is 0 Å². The van der Waals surface area contributed by atoms with Gasteiger partial charge < -0.3 is 10.6 Å². The van der Waals surface area contributed by atoms with Gasteiger partial charge >= 0.3 is 0 Å². The number of amides is 1. The van der Waals surface area contributed by atoms with Crippen LogP contribution in [0.25, 0.3) is 0 Å². The van der Waals surface area contributed by atoms with Gasteiger partial charge in [-0.3, -0.25) is 9.78 Å². The number of carbonyl (C=O) groups excluding carboxylic acids is 1. The van der Waals surface area contributed by atoms with Crippen LogP contribution >= 0.6 is 12.4 Å². The summed E-state index contributed by atoms with van der Waals surface area (Å²) in [5.41, 5.74) is 8.98. The number of benzene rings is 1. The summed E-state index contributed by atoms with van der Waals surface area (Å²) in [5.74, 6) is 0.367. The van der Waals surface area contributed by atoms with Crippen molar-refractivity contribution in [2.45, 2.75) is 26.3 Å². The van der Waals surface area contributed by atoms with Crippen molar-refractivity contribution in [2.24, 2.45) is 5.73 Å². The summed E-state index contributed by atoms with van der Waals surface area (Å²) in [6, 6.07) is 11.5. The molecule has 0 aliphatic rings. The number of rotatable bonds is 4. The average Bonchev–Trinajstić information content (AvgIpc) is 2.53. The van der Waals surface area contributed by atoms with Gasteiger partial charge in [-0.2, -0.15) is 0 Å². The zero-order chi connectivity index (χ0) is 15.4. The molecular weight excluding hydrogens is 298 g/mol. The van der Waals surface area contributed by atoms with E-state index in [-0.39, 0.29) is 18.3 Å². The van der Waals surface area contributed by atoms with Crippen molar-refractivity contribution in [3.05, 3.63) is 59.4 Å². The first-order chi connectivity index (χ1) is 10.0. The molecule has 0 radical (unpaired) electrons. The van der Waals surface area contributed by atoms with Crippen molar-refractivity contribution in [3.8, 4) is 0 Å². The Morgan fingerprint density at radius 2 is 2.00 bits per heavy atom. The molecule has 0 aliphatic carbocycles. The number of nitrogens with two attached hydrogens (primary N) is 1. The van der Waals surface area contributed by atoms with Crippen LogP contribution in [0.2, 0.25) is 0 Å². The predicted octanol–water partition coefficient (Wildman–Crippen LogP) is 3.36. The standard InChI is InChI=1S/C17H21N3O.ClH/c1-12(2)13-5-4-6-16(10-13)20(3)17(21)14-7-8-19-15(9-14)11-18;/h4-10,12H,11,18H2,1-3H3;1H. The molecule has 0 fully saturated rings. The average molecular weight is 320 g/mol. The van der Waals surface area contributed by atoms with E-state index in [0.717, 1.165) is 5.69 Å². The first-order valence-corrected chi connectivity index (χ1v) is 7.06. The summed E-state index contributed by atoms with van der Waals surface area (Å²) in [6.07, 6.45) is 1.62. The Labute approximate surface area is 137 Å². The number of aromatic nitrogens is 1. The van der Waals surface area contributed by atoms with Gasteiger partial charge in [0.15, 0.2) is 0 Å². The van der Waals surface area contributed by atoms with Gasteiger partial charge in [-0.1, -0.05) is 26.0 Å². The highest BCUT2D eigenvalue weighted by atomic mass is 35.5. The molecule has 0 spiro atoms. The third kappa shape index (κ3) is 4.06. The van der Waals surface area contributed by atoms with Crippen LogP contribution in [0.4, 0.5) is 5.69 Å². The van der Waals surface area contributed by atoms with Crippen molar-refractivity contribution >= 4 is 24.0 Å². The van der Waals surface area contributed by atoms with E-state index in [1.807, 2.05) is 18.2 Å². The van der Waals surface area contributed by atoms with Gasteiger partial charge in [-0.15, -0.1) is 12.4 Å². The first-order valence-electron chi connectivity index (χ1n) is 7.06. The Kier molecular flexibility index (Phi) is 6.53. The largest absolute Gasteiger partial charge is 0.325 e. The number of anilines is 1. The smallest absolute Gasteiger partial charge is 0.258 e. The maximum Gasteiger partial charge on any atom is 0.258 e. The molecule has 0 saturated carbocycles. The molecule has 0 aliphatic heterocycles. The van der Waals surface area contributed by atoms with Crippen LogP contribution in [0.5, 0.6) is 0 Å². The summed E-state index contributed by atoms with van der Waals surface area (Å²) in [6.45, 7) is 4.60. The van der Waals surface area contributed by atoms with Crippen LogP contribution < -0.4 is 10.6 Å². The number of hydrogen-bond acceptors (Lipinski definition) is 3. The lowest BCUT2D eigenvalue weighted by atomic mass is 10.0. The number of halogens is 1. The molecule has 1 aromatic heterocycles. The van der Waals surface area contributed by atoms with Crippen molar-refractivity contribution in [2.75, 3.05) is 11.9 Å². The molecule has 22 heavy (non-hydrogen) atoms. The summed E-state index contributed by atoms with van der Waals surface area (Å²) in [7, 11) is 1.78. The van der Waals surface area contributed by atoms with Crippen LogP contribution in [0.15, 0.2) is 42.6 Å². The lowest BCUT2D eigenvalue weighted by Crippen LogP contribution is -2.26. The van der Waals surface area contributed by atoms with Crippen LogP contribution in [0.3, 0.4) is 0 Å². The SMILES string of the molecule is CC(C)c1cccc(N(C)C(=O)c2ccnc(CN)c2)c1.Cl. The Morgan fingerprint density at radius 3 is 2.64 bits per heavy atom. The summed E-state index contributed by atoms with van der Waals surface area (Å²) < 4.78 is 0. The Morgan fingerprint density at radius 1 is 1.27 bits per heavy atom. The second kappa shape index (κ2) is 7.92. The number of pyridine rings is 1. The monoisotopic (exact) mass is 319 g/mol. The van der Waals surface area contributed by atoms with E-state index in [2.05, 4.69) is 24.9 Å². The van der Waals surface area contributed by atoms with Crippen LogP contribution in [-0.4, -0.2) is 17.9 Å². The van der Waals surface area contributed by atoms with Crippen LogP contribution in [0.1, 0.15) is 41.4 Å². The molecule has 0 saturated heterocycles. The summed E-state index contributed by atoms with van der Waals surface area (Å²) in [4.78, 5) is 18.3. The molecule has 1 amide bonds. The molecule has 2 aromatic rings. The third-order valence-electron chi connectivity index (χ3n) is 3.50. The molecule has 4 nitrogen and oxygen atoms in total. The van der Waals surface area contributed by atoms with E-state index < -0.39 is 0 Å². The molecule has 5 heteroatoms. The highest BCUT2D eigenvalue weighted by molar-refractivity contribution is 6.05. The maximum atomic E-state index is 12.6. The minimum absolute atomic E-state index is 0. The fourth-order valence-electron chi connectivity index (χ4n) is 2.13. The zero-order valence-electron chi connectivity index (χ0n) is 13.1. The van der Waals surface area contributed by atoms with Gasteiger partial charge in [-0.25, -0.2) is 0 Å². The topological polar surface area (TPSA) is 59.2 Å². The summed E-state index contributed by atoms with van der Waals surface area (Å²) in [5, 5.41) is 0. The van der Waals surface area contributed by atoms with Gasteiger partial charge in [0.1, 0.15) is 0 Å². The molecule has 0 atom stereocenters. The second-order valence-corrected chi connectivity index (χ2v) is 5.35. The molecular formula is C17H22ClN3O. The van der Waals surface area contributed by atoms with E-state index >= 15 is 0 Å². The maximum absolute atomic E-state index is 12.6. The molecule has 0 unspecified atom stereocenters. The lowest BCUT2D eigenvalue weighted by molar-refractivity contribution is 0.0993. The zero-order valence-corrected chi connectivity index (χ0v) is 13.9. The quantitative estimate of drug-likeness (QED) is 0.940. The van der Waals surface area contributed by atoms with E-state index in [1.54, 1.807) is 30.3 Å². The normalized spacial score (nSPS) is 10.2. The molecule has 118 valence electrons. The van der Waals surface area contributed by atoms with Crippen LogP contribution in [0, 0.1) is 0 Å². The minimum atomic E-state index is -0.0620. The first kappa shape index (κ1) is 18.1. The fraction of sp³-hybridized carbons (Fsp3) is 0.294.